The molecule has 0 unspecified atom stereocenters. The van der Waals surface area contributed by atoms with E-state index in [-0.39, 0.29) is 0 Å². The van der Waals surface area contributed by atoms with E-state index in [4.69, 9.17) is 0 Å². The summed E-state index contributed by atoms with van der Waals surface area (Å²) in [4.78, 5) is 3.26. The highest BCUT2D eigenvalue weighted by Gasteiger charge is 2.21. The van der Waals surface area contributed by atoms with Crippen LogP contribution in [0.2, 0.25) is 0 Å². The molecule has 0 N–H and O–H groups in total. The molecule has 2 aromatic heterocycles. The second kappa shape index (κ2) is 12.4. The molecule has 1 fully saturated rings. The van der Waals surface area contributed by atoms with E-state index in [2.05, 4.69) is 48.7 Å². The summed E-state index contributed by atoms with van der Waals surface area (Å²) in [5, 5.41) is 0. The normalized spacial score (nSPS) is 20.2. The molecule has 3 rings (SSSR count). The van der Waals surface area contributed by atoms with Crippen LogP contribution in [-0.4, -0.2) is 0 Å². The van der Waals surface area contributed by atoms with Crippen molar-refractivity contribution in [1.82, 2.24) is 0 Å². The van der Waals surface area contributed by atoms with Crippen molar-refractivity contribution in [3.63, 3.8) is 0 Å². The first-order chi connectivity index (χ1) is 13.8. The predicted octanol–water partition coefficient (Wildman–Crippen LogP) is 9.79. The monoisotopic (exact) mass is 418 g/mol. The fourth-order valence-corrected chi connectivity index (χ4v) is 7.43. The lowest BCUT2D eigenvalue weighted by Crippen LogP contribution is -2.15. The van der Waals surface area contributed by atoms with E-state index < -0.39 is 0 Å². The Labute approximate surface area is 182 Å². The molecule has 28 heavy (non-hydrogen) atoms. The summed E-state index contributed by atoms with van der Waals surface area (Å²) < 4.78 is 3.12. The zero-order valence-electron chi connectivity index (χ0n) is 18.4. The molecule has 0 nitrogen and oxygen atoms in total. The molecule has 2 aromatic rings. The first kappa shape index (κ1) is 22.3. The molecule has 2 heteroatoms. The second-order valence-corrected chi connectivity index (χ2v) is 11.6. The summed E-state index contributed by atoms with van der Waals surface area (Å²) in [5.41, 5.74) is 0. The standard InChI is InChI=1S/C26H42S2/c1-3-5-7-8-10-12-23-19-25-26(27-23)20-24(28-25)18-17-22-15-13-21(14-16-22)11-9-6-4-2/h19-22H,3-18H2,1-2H3. The van der Waals surface area contributed by atoms with E-state index in [9.17, 15) is 0 Å². The van der Waals surface area contributed by atoms with Gasteiger partial charge in [-0.1, -0.05) is 90.9 Å². The van der Waals surface area contributed by atoms with Gasteiger partial charge in [0.05, 0.1) is 0 Å². The fraction of sp³-hybridized carbons (Fsp3) is 0.769. The van der Waals surface area contributed by atoms with Gasteiger partial charge in [0.2, 0.25) is 0 Å². The largest absolute Gasteiger partial charge is 0.139 e. The van der Waals surface area contributed by atoms with Gasteiger partial charge in [0.25, 0.3) is 0 Å². The van der Waals surface area contributed by atoms with E-state index in [1.165, 1.54) is 103 Å². The van der Waals surface area contributed by atoms with Gasteiger partial charge in [-0.2, -0.15) is 0 Å². The third-order valence-electron chi connectivity index (χ3n) is 6.82. The highest BCUT2D eigenvalue weighted by atomic mass is 32.1. The van der Waals surface area contributed by atoms with Crippen LogP contribution < -0.4 is 0 Å². The van der Waals surface area contributed by atoms with E-state index in [1.54, 1.807) is 19.2 Å². The van der Waals surface area contributed by atoms with Crippen LogP contribution in [0.5, 0.6) is 0 Å². The minimum absolute atomic E-state index is 1.00. The third kappa shape index (κ3) is 7.17. The van der Waals surface area contributed by atoms with E-state index in [1.807, 2.05) is 0 Å². The van der Waals surface area contributed by atoms with Crippen molar-refractivity contribution in [2.24, 2.45) is 11.8 Å². The summed E-state index contributed by atoms with van der Waals surface area (Å²) >= 11 is 4.14. The van der Waals surface area contributed by atoms with E-state index >= 15 is 0 Å². The highest BCUT2D eigenvalue weighted by molar-refractivity contribution is 7.27. The molecule has 158 valence electrons. The van der Waals surface area contributed by atoms with Crippen LogP contribution in [0.1, 0.15) is 113 Å². The quantitative estimate of drug-likeness (QED) is 0.284. The Morgan fingerprint density at radius 1 is 0.643 bits per heavy atom. The first-order valence-corrected chi connectivity index (χ1v) is 13.9. The molecular weight excluding hydrogens is 376 g/mol. The number of hydrogen-bond donors (Lipinski definition) is 0. The van der Waals surface area contributed by atoms with Gasteiger partial charge in [-0.05, 0) is 49.7 Å². The van der Waals surface area contributed by atoms with Crippen molar-refractivity contribution in [2.75, 3.05) is 0 Å². The summed E-state index contributed by atoms with van der Waals surface area (Å²) in [5.74, 6) is 2.05. The second-order valence-electron chi connectivity index (χ2n) is 9.24. The van der Waals surface area contributed by atoms with Gasteiger partial charge in [-0.25, -0.2) is 0 Å². The lowest BCUT2D eigenvalue weighted by atomic mass is 9.78. The van der Waals surface area contributed by atoms with Gasteiger partial charge in [0.1, 0.15) is 0 Å². The smallest absolute Gasteiger partial charge is 0.0456 e. The van der Waals surface area contributed by atoms with Gasteiger partial charge in [0.15, 0.2) is 0 Å². The number of thiophene rings is 2. The van der Waals surface area contributed by atoms with E-state index in [0.717, 1.165) is 11.8 Å². The lowest BCUT2D eigenvalue weighted by Gasteiger charge is -2.28. The zero-order valence-corrected chi connectivity index (χ0v) is 20.1. The van der Waals surface area contributed by atoms with Crippen LogP contribution >= 0.6 is 22.7 Å². The molecule has 1 aliphatic carbocycles. The topological polar surface area (TPSA) is 0 Å². The van der Waals surface area contributed by atoms with Crippen molar-refractivity contribution in [1.29, 1.82) is 0 Å². The van der Waals surface area contributed by atoms with E-state index in [0.29, 0.717) is 0 Å². The van der Waals surface area contributed by atoms with Crippen LogP contribution in [-0.2, 0) is 12.8 Å². The number of fused-ring (bicyclic) bond motifs is 1. The molecule has 0 amide bonds. The Kier molecular flexibility index (Phi) is 9.88. The third-order valence-corrected chi connectivity index (χ3v) is 9.23. The Morgan fingerprint density at radius 3 is 1.82 bits per heavy atom. The van der Waals surface area contributed by atoms with Crippen molar-refractivity contribution in [2.45, 2.75) is 117 Å². The maximum absolute atomic E-state index is 2.52. The van der Waals surface area contributed by atoms with Crippen LogP contribution in [0.15, 0.2) is 12.1 Å². The van der Waals surface area contributed by atoms with Crippen molar-refractivity contribution < 1.29 is 0 Å². The predicted molar refractivity (Wildman–Crippen MR) is 130 cm³/mol. The Morgan fingerprint density at radius 2 is 1.18 bits per heavy atom. The van der Waals surface area contributed by atoms with Gasteiger partial charge in [-0.3, -0.25) is 0 Å². The lowest BCUT2D eigenvalue weighted by molar-refractivity contribution is 0.249. The minimum atomic E-state index is 1.00. The highest BCUT2D eigenvalue weighted by Crippen LogP contribution is 2.37. The maximum Gasteiger partial charge on any atom is 0.0456 e. The molecular formula is C26H42S2. The minimum Gasteiger partial charge on any atom is -0.139 e. The molecule has 0 aliphatic heterocycles. The van der Waals surface area contributed by atoms with Crippen molar-refractivity contribution >= 4 is 32.1 Å². The number of rotatable bonds is 13. The SMILES string of the molecule is CCCCCCCc1cc2sc(CCC3CCC(CCCCC)CC3)cc2s1. The average molecular weight is 419 g/mol. The Hall–Kier alpha value is -0.340. The van der Waals surface area contributed by atoms with Crippen LogP contribution in [0.4, 0.5) is 0 Å². The molecule has 0 atom stereocenters. The zero-order chi connectivity index (χ0) is 19.6. The Balaban J connectivity index is 1.35. The molecule has 0 aromatic carbocycles. The van der Waals surface area contributed by atoms with Gasteiger partial charge in [-0.15, -0.1) is 22.7 Å². The van der Waals surface area contributed by atoms with Gasteiger partial charge < -0.3 is 0 Å². The first-order valence-electron chi connectivity index (χ1n) is 12.3. The number of aryl methyl sites for hydroxylation is 2. The molecule has 1 aliphatic rings. The summed E-state index contributed by atoms with van der Waals surface area (Å²) in [7, 11) is 0. The summed E-state index contributed by atoms with van der Waals surface area (Å²) in [6.45, 7) is 4.62. The molecule has 2 heterocycles. The molecule has 0 saturated heterocycles. The van der Waals surface area contributed by atoms with Crippen LogP contribution in [0, 0.1) is 11.8 Å². The number of unbranched alkanes of at least 4 members (excludes halogenated alkanes) is 6. The van der Waals surface area contributed by atoms with Crippen molar-refractivity contribution in [3.05, 3.63) is 21.9 Å². The number of hydrogen-bond acceptors (Lipinski definition) is 2. The van der Waals surface area contributed by atoms with Gasteiger partial charge >= 0.3 is 0 Å². The van der Waals surface area contributed by atoms with Crippen LogP contribution in [0.25, 0.3) is 9.40 Å². The van der Waals surface area contributed by atoms with Crippen molar-refractivity contribution in [3.8, 4) is 0 Å². The van der Waals surface area contributed by atoms with Gasteiger partial charge in [0, 0.05) is 19.2 Å². The van der Waals surface area contributed by atoms with Crippen LogP contribution in [0.3, 0.4) is 0 Å². The molecule has 1 saturated carbocycles. The molecule has 0 spiro atoms. The Bertz CT molecular complexity index is 626. The average Bonchev–Trinajstić information content (AvgIpc) is 3.26. The molecule has 0 radical (unpaired) electrons. The maximum atomic E-state index is 2.52. The summed E-state index contributed by atoms with van der Waals surface area (Å²) in [6, 6.07) is 5.01. The molecule has 0 bridgehead atoms. The summed E-state index contributed by atoms with van der Waals surface area (Å²) in [6.07, 6.45) is 22.8. The fourth-order valence-electron chi connectivity index (χ4n) is 4.92.